The van der Waals surface area contributed by atoms with Crippen molar-refractivity contribution in [1.29, 1.82) is 0 Å². The first-order valence-corrected chi connectivity index (χ1v) is 9.71. The van der Waals surface area contributed by atoms with E-state index < -0.39 is 9.84 Å². The molecule has 0 saturated heterocycles. The Labute approximate surface area is 143 Å². The van der Waals surface area contributed by atoms with Crippen LogP contribution in [0, 0.1) is 13.8 Å². The van der Waals surface area contributed by atoms with Crippen molar-refractivity contribution >= 4 is 15.7 Å². The summed E-state index contributed by atoms with van der Waals surface area (Å²) in [7, 11) is -3.20. The number of sulfone groups is 1. The summed E-state index contributed by atoms with van der Waals surface area (Å²) in [6, 6.07) is 12.5. The number of rotatable bonds is 5. The van der Waals surface area contributed by atoms with E-state index in [0.29, 0.717) is 6.42 Å². The van der Waals surface area contributed by atoms with Crippen molar-refractivity contribution in [3.63, 3.8) is 0 Å². The molecule has 0 heterocycles. The molecule has 0 aliphatic carbocycles. The molecule has 0 aliphatic heterocycles. The van der Waals surface area contributed by atoms with Crippen molar-refractivity contribution in [3.05, 3.63) is 64.7 Å². The number of aryl methyl sites for hydroxylation is 2. The van der Waals surface area contributed by atoms with Crippen LogP contribution in [0.25, 0.3) is 0 Å². The van der Waals surface area contributed by atoms with Crippen LogP contribution in [0.4, 0.5) is 0 Å². The molecule has 24 heavy (non-hydrogen) atoms. The van der Waals surface area contributed by atoms with Gasteiger partial charge in [0.1, 0.15) is 0 Å². The largest absolute Gasteiger partial charge is 0.349 e. The summed E-state index contributed by atoms with van der Waals surface area (Å²) in [5.41, 5.74) is 4.17. The molecule has 2 aromatic rings. The fourth-order valence-electron chi connectivity index (χ4n) is 2.60. The number of carbonyl (C=O) groups is 1. The fourth-order valence-corrected chi connectivity index (χ4v) is 3.23. The average molecular weight is 345 g/mol. The molecule has 1 amide bonds. The van der Waals surface area contributed by atoms with Gasteiger partial charge in [-0.25, -0.2) is 8.42 Å². The van der Waals surface area contributed by atoms with E-state index in [0.717, 1.165) is 16.7 Å². The van der Waals surface area contributed by atoms with E-state index in [1.807, 2.05) is 32.9 Å². The molecule has 0 spiro atoms. The summed E-state index contributed by atoms with van der Waals surface area (Å²) in [6.45, 7) is 5.91. The van der Waals surface area contributed by atoms with Crippen LogP contribution in [0.3, 0.4) is 0 Å². The molecule has 4 nitrogen and oxygen atoms in total. The Morgan fingerprint density at radius 2 is 1.71 bits per heavy atom. The van der Waals surface area contributed by atoms with Crippen molar-refractivity contribution in [3.8, 4) is 0 Å². The van der Waals surface area contributed by atoms with E-state index in [1.54, 1.807) is 24.3 Å². The van der Waals surface area contributed by atoms with Crippen LogP contribution >= 0.6 is 0 Å². The highest BCUT2D eigenvalue weighted by Crippen LogP contribution is 2.17. The highest BCUT2D eigenvalue weighted by Gasteiger charge is 2.13. The van der Waals surface area contributed by atoms with Crippen molar-refractivity contribution in [1.82, 2.24) is 5.32 Å². The van der Waals surface area contributed by atoms with Crippen LogP contribution < -0.4 is 5.32 Å². The molecule has 5 heteroatoms. The van der Waals surface area contributed by atoms with Gasteiger partial charge in [0.25, 0.3) is 0 Å². The smallest absolute Gasteiger partial charge is 0.224 e. The van der Waals surface area contributed by atoms with Gasteiger partial charge in [-0.3, -0.25) is 4.79 Å². The minimum absolute atomic E-state index is 0.0540. The molecule has 0 bridgehead atoms. The maximum atomic E-state index is 12.3. The Kier molecular flexibility index (Phi) is 5.44. The van der Waals surface area contributed by atoms with Crippen molar-refractivity contribution in [2.75, 3.05) is 6.26 Å². The molecule has 0 radical (unpaired) electrons. The fraction of sp³-hybridized carbons (Fsp3) is 0.316. The maximum absolute atomic E-state index is 12.3. The molecule has 1 atom stereocenters. The summed E-state index contributed by atoms with van der Waals surface area (Å²) in [5, 5.41) is 2.96. The predicted molar refractivity (Wildman–Crippen MR) is 95.7 cm³/mol. The SMILES string of the molecule is Cc1ccc(CC(=O)N[C@H](C)c2ccc(S(C)(=O)=O)cc2)c(C)c1. The number of benzene rings is 2. The highest BCUT2D eigenvalue weighted by molar-refractivity contribution is 7.90. The lowest BCUT2D eigenvalue weighted by molar-refractivity contribution is -0.121. The van der Waals surface area contributed by atoms with Gasteiger partial charge in [0.15, 0.2) is 9.84 Å². The second kappa shape index (κ2) is 7.18. The number of carbonyl (C=O) groups excluding carboxylic acids is 1. The van der Waals surface area contributed by atoms with E-state index in [2.05, 4.69) is 11.4 Å². The second-order valence-corrected chi connectivity index (χ2v) is 8.25. The Bertz CT molecular complexity index is 839. The second-order valence-electron chi connectivity index (χ2n) is 6.24. The van der Waals surface area contributed by atoms with E-state index in [-0.39, 0.29) is 16.8 Å². The minimum Gasteiger partial charge on any atom is -0.349 e. The van der Waals surface area contributed by atoms with Gasteiger partial charge in [0.2, 0.25) is 5.91 Å². The summed E-state index contributed by atoms with van der Waals surface area (Å²) in [4.78, 5) is 12.5. The van der Waals surface area contributed by atoms with Crippen LogP contribution in [0.5, 0.6) is 0 Å². The molecular formula is C19H23NO3S. The molecule has 0 fully saturated rings. The molecule has 128 valence electrons. The third-order valence-electron chi connectivity index (χ3n) is 4.03. The summed E-state index contributed by atoms with van der Waals surface area (Å²) >= 11 is 0. The number of hydrogen-bond acceptors (Lipinski definition) is 3. The standard InChI is InChI=1S/C19H23NO3S/c1-13-5-6-17(14(2)11-13)12-19(21)20-15(3)16-7-9-18(10-8-16)24(4,22)23/h5-11,15H,12H2,1-4H3,(H,20,21)/t15-/m1/s1. The molecule has 2 rings (SSSR count). The highest BCUT2D eigenvalue weighted by atomic mass is 32.2. The van der Waals surface area contributed by atoms with Gasteiger partial charge in [0, 0.05) is 6.26 Å². The monoisotopic (exact) mass is 345 g/mol. The third kappa shape index (κ3) is 4.68. The summed E-state index contributed by atoms with van der Waals surface area (Å²) < 4.78 is 23.0. The third-order valence-corrected chi connectivity index (χ3v) is 5.16. The summed E-state index contributed by atoms with van der Waals surface area (Å²) in [6.07, 6.45) is 1.51. The Morgan fingerprint density at radius 3 is 2.25 bits per heavy atom. The maximum Gasteiger partial charge on any atom is 0.224 e. The van der Waals surface area contributed by atoms with E-state index in [1.165, 1.54) is 11.8 Å². The predicted octanol–water partition coefficient (Wildman–Crippen LogP) is 3.13. The van der Waals surface area contributed by atoms with Crippen LogP contribution in [0.2, 0.25) is 0 Å². The lowest BCUT2D eigenvalue weighted by Crippen LogP contribution is -2.28. The van der Waals surface area contributed by atoms with Gasteiger partial charge < -0.3 is 5.32 Å². The lowest BCUT2D eigenvalue weighted by Gasteiger charge is -2.15. The van der Waals surface area contributed by atoms with Gasteiger partial charge >= 0.3 is 0 Å². The Balaban J connectivity index is 2.03. The van der Waals surface area contributed by atoms with Crippen LogP contribution in [0.15, 0.2) is 47.4 Å². The van der Waals surface area contributed by atoms with Crippen molar-refractivity contribution in [2.45, 2.75) is 38.1 Å². The van der Waals surface area contributed by atoms with Crippen LogP contribution in [-0.4, -0.2) is 20.6 Å². The zero-order chi connectivity index (χ0) is 17.9. The lowest BCUT2D eigenvalue weighted by atomic mass is 10.0. The molecule has 0 aliphatic rings. The molecule has 0 saturated carbocycles. The number of nitrogens with one attached hydrogen (secondary N) is 1. The molecular weight excluding hydrogens is 322 g/mol. The topological polar surface area (TPSA) is 63.2 Å². The van der Waals surface area contributed by atoms with Gasteiger partial charge in [0.05, 0.1) is 17.4 Å². The zero-order valence-corrected chi connectivity index (χ0v) is 15.3. The molecule has 0 unspecified atom stereocenters. The van der Waals surface area contributed by atoms with Gasteiger partial charge in [-0.1, -0.05) is 35.9 Å². The van der Waals surface area contributed by atoms with Gasteiger partial charge in [-0.2, -0.15) is 0 Å². The average Bonchev–Trinajstić information content (AvgIpc) is 2.49. The van der Waals surface area contributed by atoms with E-state index in [4.69, 9.17) is 0 Å². The normalized spacial score (nSPS) is 12.7. The minimum atomic E-state index is -3.20. The molecule has 1 N–H and O–H groups in total. The first-order valence-electron chi connectivity index (χ1n) is 7.82. The number of hydrogen-bond donors (Lipinski definition) is 1. The van der Waals surface area contributed by atoms with Crippen molar-refractivity contribution in [2.24, 2.45) is 0 Å². The van der Waals surface area contributed by atoms with Crippen LogP contribution in [-0.2, 0) is 21.1 Å². The van der Waals surface area contributed by atoms with E-state index in [9.17, 15) is 13.2 Å². The van der Waals surface area contributed by atoms with Crippen molar-refractivity contribution < 1.29 is 13.2 Å². The summed E-state index contributed by atoms with van der Waals surface area (Å²) in [5.74, 6) is -0.0540. The molecule has 2 aromatic carbocycles. The van der Waals surface area contributed by atoms with E-state index >= 15 is 0 Å². The Hall–Kier alpha value is -2.14. The first-order chi connectivity index (χ1) is 11.2. The van der Waals surface area contributed by atoms with Gasteiger partial charge in [-0.05, 0) is 49.6 Å². The van der Waals surface area contributed by atoms with Gasteiger partial charge in [-0.15, -0.1) is 0 Å². The van der Waals surface area contributed by atoms with Crippen LogP contribution in [0.1, 0.15) is 35.2 Å². The molecule has 0 aromatic heterocycles. The number of amides is 1. The first kappa shape index (κ1) is 18.2. The zero-order valence-electron chi connectivity index (χ0n) is 14.5. The Morgan fingerprint density at radius 1 is 1.08 bits per heavy atom. The quantitative estimate of drug-likeness (QED) is 0.905.